The minimum atomic E-state index is -0.839. The topological polar surface area (TPSA) is 60.9 Å². The second kappa shape index (κ2) is 6.62. The van der Waals surface area contributed by atoms with E-state index in [9.17, 15) is 14.7 Å². The second-order valence-corrected chi connectivity index (χ2v) is 8.02. The molecule has 1 saturated carbocycles. The number of amides is 1. The van der Waals surface area contributed by atoms with E-state index in [2.05, 4.69) is 11.8 Å². The van der Waals surface area contributed by atoms with Crippen molar-refractivity contribution >= 4 is 29.2 Å². The quantitative estimate of drug-likeness (QED) is 0.826. The first-order valence-corrected chi connectivity index (χ1v) is 9.54. The van der Waals surface area contributed by atoms with E-state index in [1.807, 2.05) is 35.3 Å². The zero-order valence-corrected chi connectivity index (χ0v) is 15.5. The number of rotatable bonds is 3. The Kier molecular flexibility index (Phi) is 4.43. The van der Waals surface area contributed by atoms with Crippen molar-refractivity contribution < 1.29 is 14.7 Å². The maximum Gasteiger partial charge on any atom is 0.307 e. The number of carbonyl (C=O) groups excluding carboxylic acids is 1. The monoisotopic (exact) mass is 374 g/mol. The first-order valence-electron chi connectivity index (χ1n) is 9.16. The van der Waals surface area contributed by atoms with E-state index in [-0.39, 0.29) is 17.7 Å². The van der Waals surface area contributed by atoms with Crippen LogP contribution >= 0.6 is 11.6 Å². The summed E-state index contributed by atoms with van der Waals surface area (Å²) in [7, 11) is 0. The molecule has 0 aromatic heterocycles. The SMILES string of the molecule is Cc1ccc(Cl)cc1N1CCN(C(=O)[C@H]2[C@@H](C(=O)O)[C@H]3C=C[C@H]2C3)CC1. The van der Waals surface area contributed by atoms with Crippen LogP contribution in [-0.2, 0) is 9.59 Å². The highest BCUT2D eigenvalue weighted by Gasteiger charge is 2.52. The fourth-order valence-electron chi connectivity index (χ4n) is 4.80. The van der Waals surface area contributed by atoms with E-state index in [0.717, 1.165) is 25.2 Å². The molecule has 0 unspecified atom stereocenters. The zero-order chi connectivity index (χ0) is 18.4. The number of hydrogen-bond acceptors (Lipinski definition) is 3. The molecule has 0 spiro atoms. The van der Waals surface area contributed by atoms with Gasteiger partial charge in [-0.1, -0.05) is 29.8 Å². The minimum Gasteiger partial charge on any atom is -0.481 e. The predicted octanol–water partition coefficient (Wildman–Crippen LogP) is 2.82. The minimum absolute atomic E-state index is 0.0108. The van der Waals surface area contributed by atoms with Gasteiger partial charge in [0.15, 0.2) is 0 Å². The number of piperazine rings is 1. The average Bonchev–Trinajstić information content (AvgIpc) is 3.24. The van der Waals surface area contributed by atoms with Crippen molar-refractivity contribution in [1.82, 2.24) is 4.90 Å². The third-order valence-corrected chi connectivity index (χ3v) is 6.37. The number of aliphatic carboxylic acids is 1. The summed E-state index contributed by atoms with van der Waals surface area (Å²) in [6, 6.07) is 5.86. The molecule has 1 saturated heterocycles. The van der Waals surface area contributed by atoms with Crippen molar-refractivity contribution in [3.05, 3.63) is 40.9 Å². The first-order chi connectivity index (χ1) is 12.5. The van der Waals surface area contributed by atoms with Crippen LogP contribution in [0.4, 0.5) is 5.69 Å². The lowest BCUT2D eigenvalue weighted by Crippen LogP contribution is -2.52. The highest BCUT2D eigenvalue weighted by Crippen LogP contribution is 2.48. The Morgan fingerprint density at radius 2 is 1.73 bits per heavy atom. The highest BCUT2D eigenvalue weighted by atomic mass is 35.5. The maximum atomic E-state index is 13.1. The van der Waals surface area contributed by atoms with Gasteiger partial charge in [-0.3, -0.25) is 9.59 Å². The molecule has 1 amide bonds. The molecule has 1 heterocycles. The molecule has 1 aromatic carbocycles. The van der Waals surface area contributed by atoms with Gasteiger partial charge in [0.1, 0.15) is 0 Å². The summed E-state index contributed by atoms with van der Waals surface area (Å²) in [4.78, 5) is 28.8. The van der Waals surface area contributed by atoms with Gasteiger partial charge >= 0.3 is 5.97 Å². The molecule has 0 radical (unpaired) electrons. The molecule has 2 bridgehead atoms. The van der Waals surface area contributed by atoms with Crippen LogP contribution < -0.4 is 4.90 Å². The Morgan fingerprint density at radius 1 is 1.08 bits per heavy atom. The standard InChI is InChI=1S/C20H23ClN2O3/c1-12-2-5-15(21)11-16(12)22-6-8-23(9-7-22)19(24)17-13-3-4-14(10-13)18(17)20(25)26/h2-5,11,13-14,17-18H,6-10H2,1H3,(H,25,26)/t13-,14-,17+,18-/m0/s1. The van der Waals surface area contributed by atoms with Gasteiger partial charge in [0.25, 0.3) is 0 Å². The second-order valence-electron chi connectivity index (χ2n) is 7.58. The number of allylic oxidation sites excluding steroid dienone is 2. The fraction of sp³-hybridized carbons (Fsp3) is 0.500. The Morgan fingerprint density at radius 3 is 2.38 bits per heavy atom. The van der Waals surface area contributed by atoms with Gasteiger partial charge in [0, 0.05) is 36.9 Å². The lowest BCUT2D eigenvalue weighted by atomic mass is 9.82. The van der Waals surface area contributed by atoms with E-state index in [0.29, 0.717) is 18.1 Å². The number of carboxylic acid groups (broad SMARTS) is 1. The molecule has 2 aliphatic carbocycles. The van der Waals surface area contributed by atoms with Crippen molar-refractivity contribution in [3.63, 3.8) is 0 Å². The largest absolute Gasteiger partial charge is 0.481 e. The Bertz CT molecular complexity index is 770. The lowest BCUT2D eigenvalue weighted by molar-refractivity contribution is -0.151. The van der Waals surface area contributed by atoms with E-state index in [4.69, 9.17) is 11.6 Å². The van der Waals surface area contributed by atoms with E-state index < -0.39 is 17.8 Å². The van der Waals surface area contributed by atoms with E-state index in [1.165, 1.54) is 5.56 Å². The fourth-order valence-corrected chi connectivity index (χ4v) is 4.96. The molecule has 4 atom stereocenters. The number of halogens is 1. The van der Waals surface area contributed by atoms with Gasteiger partial charge in [-0.2, -0.15) is 0 Å². The van der Waals surface area contributed by atoms with Gasteiger partial charge < -0.3 is 14.9 Å². The normalized spacial score (nSPS) is 30.1. The van der Waals surface area contributed by atoms with Gasteiger partial charge in [-0.25, -0.2) is 0 Å². The van der Waals surface area contributed by atoms with Crippen molar-refractivity contribution in [2.75, 3.05) is 31.1 Å². The number of benzene rings is 1. The third kappa shape index (κ3) is 2.88. The van der Waals surface area contributed by atoms with Crippen LogP contribution in [0.25, 0.3) is 0 Å². The van der Waals surface area contributed by atoms with Crippen LogP contribution in [0.15, 0.2) is 30.4 Å². The van der Waals surface area contributed by atoms with E-state index >= 15 is 0 Å². The van der Waals surface area contributed by atoms with E-state index in [1.54, 1.807) is 0 Å². The summed E-state index contributed by atoms with van der Waals surface area (Å²) in [5.41, 5.74) is 2.27. The maximum absolute atomic E-state index is 13.1. The summed E-state index contributed by atoms with van der Waals surface area (Å²) in [5, 5.41) is 10.3. The highest BCUT2D eigenvalue weighted by molar-refractivity contribution is 6.30. The third-order valence-electron chi connectivity index (χ3n) is 6.13. The molecule has 1 aromatic rings. The molecule has 2 fully saturated rings. The molecule has 26 heavy (non-hydrogen) atoms. The molecule has 6 heteroatoms. The summed E-state index contributed by atoms with van der Waals surface area (Å²) in [6.45, 7) is 4.77. The Balaban J connectivity index is 1.45. The van der Waals surface area contributed by atoms with Gasteiger partial charge in [-0.15, -0.1) is 0 Å². The first kappa shape index (κ1) is 17.4. The summed E-state index contributed by atoms with van der Waals surface area (Å²) < 4.78 is 0. The number of aryl methyl sites for hydroxylation is 1. The average molecular weight is 375 g/mol. The van der Waals surface area contributed by atoms with Crippen LogP contribution in [-0.4, -0.2) is 48.1 Å². The number of fused-ring (bicyclic) bond motifs is 2. The van der Waals surface area contributed by atoms with Crippen molar-refractivity contribution in [2.24, 2.45) is 23.7 Å². The van der Waals surface area contributed by atoms with Crippen molar-refractivity contribution in [3.8, 4) is 0 Å². The number of hydrogen-bond donors (Lipinski definition) is 1. The van der Waals surface area contributed by atoms with Crippen LogP contribution in [0.1, 0.15) is 12.0 Å². The molecule has 4 rings (SSSR count). The molecule has 3 aliphatic rings. The number of carbonyl (C=O) groups is 2. The number of nitrogens with zero attached hydrogens (tertiary/aromatic N) is 2. The van der Waals surface area contributed by atoms with Gasteiger partial charge in [0.2, 0.25) is 5.91 Å². The van der Waals surface area contributed by atoms with Crippen molar-refractivity contribution in [2.45, 2.75) is 13.3 Å². The molecule has 5 nitrogen and oxygen atoms in total. The van der Waals surface area contributed by atoms with Crippen LogP contribution in [0.2, 0.25) is 5.02 Å². The van der Waals surface area contributed by atoms with Crippen LogP contribution in [0.3, 0.4) is 0 Å². The molecular formula is C20H23ClN2O3. The molecular weight excluding hydrogens is 352 g/mol. The lowest BCUT2D eigenvalue weighted by Gasteiger charge is -2.39. The molecule has 138 valence electrons. The molecule has 1 aliphatic heterocycles. The number of carboxylic acids is 1. The summed E-state index contributed by atoms with van der Waals surface area (Å²) in [6.07, 6.45) is 4.82. The van der Waals surface area contributed by atoms with Crippen LogP contribution in [0.5, 0.6) is 0 Å². The molecule has 1 N–H and O–H groups in total. The zero-order valence-electron chi connectivity index (χ0n) is 14.8. The smallest absolute Gasteiger partial charge is 0.307 e. The van der Waals surface area contributed by atoms with Crippen molar-refractivity contribution in [1.29, 1.82) is 0 Å². The summed E-state index contributed by atoms with van der Waals surface area (Å²) in [5.74, 6) is -1.69. The van der Waals surface area contributed by atoms with Gasteiger partial charge in [-0.05, 0) is 42.9 Å². The Hall–Kier alpha value is -2.01. The summed E-state index contributed by atoms with van der Waals surface area (Å²) >= 11 is 6.13. The predicted molar refractivity (Wildman–Crippen MR) is 100 cm³/mol. The Labute approximate surface area is 158 Å². The van der Waals surface area contributed by atoms with Gasteiger partial charge in [0.05, 0.1) is 11.8 Å². The number of anilines is 1. The van der Waals surface area contributed by atoms with Crippen LogP contribution in [0, 0.1) is 30.6 Å².